The average Bonchev–Trinajstić information content (AvgIpc) is 3.41. The Morgan fingerprint density at radius 3 is 2.93 bits per heavy atom. The Labute approximate surface area is 169 Å². The molecular weight excluding hydrogens is 366 g/mol. The summed E-state index contributed by atoms with van der Waals surface area (Å²) >= 11 is 0. The maximum atomic E-state index is 13.3. The van der Waals surface area contributed by atoms with Crippen molar-refractivity contribution in [3.8, 4) is 5.75 Å². The molecule has 2 aliphatic heterocycles. The van der Waals surface area contributed by atoms with Crippen molar-refractivity contribution in [2.45, 2.75) is 12.5 Å². The van der Waals surface area contributed by atoms with Crippen molar-refractivity contribution in [1.82, 2.24) is 14.7 Å². The molecule has 5 rings (SSSR count). The second-order valence-corrected chi connectivity index (χ2v) is 7.99. The van der Waals surface area contributed by atoms with Crippen LogP contribution < -0.4 is 4.74 Å². The van der Waals surface area contributed by atoms with Crippen molar-refractivity contribution >= 4 is 5.91 Å². The molecule has 1 amide bonds. The van der Waals surface area contributed by atoms with Crippen molar-refractivity contribution in [1.29, 1.82) is 0 Å². The molecule has 6 nitrogen and oxygen atoms in total. The van der Waals surface area contributed by atoms with E-state index in [2.05, 4.69) is 5.10 Å². The summed E-state index contributed by atoms with van der Waals surface area (Å²) in [4.78, 5) is 15.2. The maximum absolute atomic E-state index is 13.3. The second-order valence-electron chi connectivity index (χ2n) is 7.99. The average molecular weight is 389 g/mol. The molecule has 6 heteroatoms. The largest absolute Gasteiger partial charge is 0.493 e. The molecule has 2 atom stereocenters. The van der Waals surface area contributed by atoms with E-state index in [4.69, 9.17) is 4.74 Å². The van der Waals surface area contributed by atoms with Crippen LogP contribution in [-0.4, -0.2) is 52.0 Å². The van der Waals surface area contributed by atoms with Gasteiger partial charge in [0.15, 0.2) is 0 Å². The van der Waals surface area contributed by atoms with Crippen LogP contribution in [-0.2, 0) is 6.54 Å². The van der Waals surface area contributed by atoms with Gasteiger partial charge in [0.2, 0.25) is 0 Å². The van der Waals surface area contributed by atoms with Gasteiger partial charge in [-0.05, 0) is 35.4 Å². The smallest absolute Gasteiger partial charge is 0.253 e. The quantitative estimate of drug-likeness (QED) is 0.745. The molecule has 2 aromatic carbocycles. The summed E-state index contributed by atoms with van der Waals surface area (Å²) in [5, 5.41) is 14.4. The van der Waals surface area contributed by atoms with Crippen LogP contribution in [0.4, 0.5) is 0 Å². The first kappa shape index (κ1) is 17.9. The van der Waals surface area contributed by atoms with E-state index in [1.807, 2.05) is 70.4 Å². The van der Waals surface area contributed by atoms with Crippen LogP contribution in [0.15, 0.2) is 67.0 Å². The minimum absolute atomic E-state index is 0.00484. The summed E-state index contributed by atoms with van der Waals surface area (Å²) in [5.74, 6) is 0.928. The van der Waals surface area contributed by atoms with Gasteiger partial charge in [0.25, 0.3) is 5.91 Å². The fourth-order valence-electron chi connectivity index (χ4n) is 4.59. The molecule has 1 saturated heterocycles. The molecule has 148 valence electrons. The van der Waals surface area contributed by atoms with Crippen LogP contribution in [0, 0.1) is 5.41 Å². The number of rotatable bonds is 4. The Balaban J connectivity index is 1.40. The van der Waals surface area contributed by atoms with E-state index in [1.54, 1.807) is 6.20 Å². The van der Waals surface area contributed by atoms with Gasteiger partial charge < -0.3 is 14.7 Å². The summed E-state index contributed by atoms with van der Waals surface area (Å²) in [6.45, 7) is 2.12. The maximum Gasteiger partial charge on any atom is 0.253 e. The van der Waals surface area contributed by atoms with E-state index in [9.17, 15) is 9.90 Å². The summed E-state index contributed by atoms with van der Waals surface area (Å²) in [7, 11) is 0. The Morgan fingerprint density at radius 1 is 1.21 bits per heavy atom. The summed E-state index contributed by atoms with van der Waals surface area (Å²) in [6, 6.07) is 17.5. The van der Waals surface area contributed by atoms with E-state index < -0.39 is 5.41 Å². The molecule has 0 spiro atoms. The number of nitrogens with zero attached hydrogens (tertiary/aromatic N) is 3. The van der Waals surface area contributed by atoms with E-state index in [1.165, 1.54) is 0 Å². The van der Waals surface area contributed by atoms with Crippen LogP contribution in [0.3, 0.4) is 0 Å². The molecule has 1 aromatic heterocycles. The third kappa shape index (κ3) is 3.09. The molecule has 2 aliphatic rings. The molecule has 29 heavy (non-hydrogen) atoms. The number of carbonyl (C=O) groups is 1. The molecule has 1 fully saturated rings. The van der Waals surface area contributed by atoms with Gasteiger partial charge in [0.05, 0.1) is 25.2 Å². The number of hydrogen-bond acceptors (Lipinski definition) is 4. The monoisotopic (exact) mass is 389 g/mol. The zero-order chi connectivity index (χ0) is 19.8. The highest BCUT2D eigenvalue weighted by Crippen LogP contribution is 2.49. The number of aliphatic hydroxyl groups is 1. The SMILES string of the molecule is O=C(c1cccc(Cn2cccn2)c1)N1CC2c3ccccc3OCC2(CO)C1. The number of ether oxygens (including phenoxy) is 1. The number of hydrogen-bond donors (Lipinski definition) is 1. The lowest BCUT2D eigenvalue weighted by atomic mass is 9.74. The molecule has 0 saturated carbocycles. The number of carbonyl (C=O) groups excluding carboxylic acids is 1. The standard InChI is InChI=1S/C23H23N3O3/c27-15-23-14-25(13-20(23)19-7-1-2-8-21(19)29-16-23)22(28)18-6-3-5-17(11-18)12-26-10-4-9-24-26/h1-11,20,27H,12-16H2. The number of benzene rings is 2. The predicted molar refractivity (Wildman–Crippen MR) is 108 cm³/mol. The van der Waals surface area contributed by atoms with Gasteiger partial charge in [-0.25, -0.2) is 0 Å². The second kappa shape index (κ2) is 7.04. The van der Waals surface area contributed by atoms with Gasteiger partial charge in [-0.2, -0.15) is 5.10 Å². The van der Waals surface area contributed by atoms with Gasteiger partial charge in [0.1, 0.15) is 5.75 Å². The zero-order valence-electron chi connectivity index (χ0n) is 16.1. The van der Waals surface area contributed by atoms with Crippen LogP contribution in [0.5, 0.6) is 5.75 Å². The van der Waals surface area contributed by atoms with E-state index in [0.717, 1.165) is 16.9 Å². The molecule has 3 heterocycles. The number of aliphatic hydroxyl groups excluding tert-OH is 1. The first-order valence-corrected chi connectivity index (χ1v) is 9.87. The third-order valence-electron chi connectivity index (χ3n) is 6.14. The lowest BCUT2D eigenvalue weighted by Crippen LogP contribution is -2.42. The first-order chi connectivity index (χ1) is 14.2. The highest BCUT2D eigenvalue weighted by molar-refractivity contribution is 5.94. The molecular formula is C23H23N3O3. The molecule has 0 aliphatic carbocycles. The molecule has 0 bridgehead atoms. The first-order valence-electron chi connectivity index (χ1n) is 9.87. The number of likely N-dealkylation sites (tertiary alicyclic amines) is 1. The number of aromatic nitrogens is 2. The minimum atomic E-state index is -0.448. The predicted octanol–water partition coefficient (Wildman–Crippen LogP) is 2.54. The van der Waals surface area contributed by atoms with Crippen LogP contribution in [0.2, 0.25) is 0 Å². The van der Waals surface area contributed by atoms with Gasteiger partial charge in [-0.3, -0.25) is 9.48 Å². The molecule has 0 radical (unpaired) electrons. The number of para-hydroxylation sites is 1. The highest BCUT2D eigenvalue weighted by Gasteiger charge is 2.52. The third-order valence-corrected chi connectivity index (χ3v) is 6.14. The zero-order valence-corrected chi connectivity index (χ0v) is 16.1. The van der Waals surface area contributed by atoms with Crippen molar-refractivity contribution in [3.63, 3.8) is 0 Å². The van der Waals surface area contributed by atoms with Crippen LogP contribution >= 0.6 is 0 Å². The van der Waals surface area contributed by atoms with E-state index >= 15 is 0 Å². The fraction of sp³-hybridized carbons (Fsp3) is 0.304. The Bertz CT molecular complexity index is 1030. The topological polar surface area (TPSA) is 67.6 Å². The summed E-state index contributed by atoms with van der Waals surface area (Å²) in [5.41, 5.74) is 2.32. The van der Waals surface area contributed by atoms with Crippen LogP contribution in [0.25, 0.3) is 0 Å². The molecule has 3 aromatic rings. The highest BCUT2D eigenvalue weighted by atomic mass is 16.5. The lowest BCUT2D eigenvalue weighted by molar-refractivity contribution is 0.0440. The van der Waals surface area contributed by atoms with Crippen molar-refractivity contribution < 1.29 is 14.6 Å². The van der Waals surface area contributed by atoms with Gasteiger partial charge in [0, 0.05) is 37.0 Å². The van der Waals surface area contributed by atoms with Crippen LogP contribution in [0.1, 0.15) is 27.4 Å². The Kier molecular flexibility index (Phi) is 4.36. The summed E-state index contributed by atoms with van der Waals surface area (Å²) in [6.07, 6.45) is 3.65. The molecule has 1 N–H and O–H groups in total. The normalized spacial score (nSPS) is 22.7. The lowest BCUT2D eigenvalue weighted by Gasteiger charge is -2.37. The van der Waals surface area contributed by atoms with E-state index in [-0.39, 0.29) is 18.4 Å². The Morgan fingerprint density at radius 2 is 2.10 bits per heavy atom. The minimum Gasteiger partial charge on any atom is -0.493 e. The number of fused-ring (bicyclic) bond motifs is 3. The number of amides is 1. The van der Waals surface area contributed by atoms with Crippen molar-refractivity contribution in [3.05, 3.63) is 83.7 Å². The Hall–Kier alpha value is -3.12. The van der Waals surface area contributed by atoms with Crippen molar-refractivity contribution in [2.75, 3.05) is 26.3 Å². The van der Waals surface area contributed by atoms with Crippen molar-refractivity contribution in [2.24, 2.45) is 5.41 Å². The summed E-state index contributed by atoms with van der Waals surface area (Å²) < 4.78 is 7.77. The van der Waals surface area contributed by atoms with Gasteiger partial charge >= 0.3 is 0 Å². The van der Waals surface area contributed by atoms with Gasteiger partial charge in [-0.15, -0.1) is 0 Å². The van der Waals surface area contributed by atoms with E-state index in [0.29, 0.717) is 31.8 Å². The van der Waals surface area contributed by atoms with Gasteiger partial charge in [-0.1, -0.05) is 30.3 Å². The molecule has 2 unspecified atom stereocenters. The fourth-order valence-corrected chi connectivity index (χ4v) is 4.59.